The second-order valence-electron chi connectivity index (χ2n) is 6.99. The maximum atomic E-state index is 13.1. The van der Waals surface area contributed by atoms with Crippen LogP contribution < -0.4 is 9.64 Å². The van der Waals surface area contributed by atoms with Crippen molar-refractivity contribution < 1.29 is 23.8 Å². The highest BCUT2D eigenvalue weighted by atomic mass is 35.5. The van der Waals surface area contributed by atoms with Gasteiger partial charge in [0.25, 0.3) is 5.78 Å². The molecule has 1 aliphatic rings. The minimum absolute atomic E-state index is 0.139. The van der Waals surface area contributed by atoms with Crippen LogP contribution in [0.4, 0.5) is 5.13 Å². The molecule has 1 N–H and O–H groups in total. The number of hydrogen-bond donors (Lipinski definition) is 1. The van der Waals surface area contributed by atoms with E-state index in [4.69, 9.17) is 20.8 Å². The predicted octanol–water partition coefficient (Wildman–Crippen LogP) is 5.18. The molecule has 160 valence electrons. The predicted molar refractivity (Wildman–Crippen MR) is 121 cm³/mol. The number of rotatable bonds is 4. The Labute approximate surface area is 191 Å². The zero-order chi connectivity index (χ0) is 22.4. The number of carbonyl (C=O) groups excluding carboxylic acids is 2. The molecule has 0 radical (unpaired) electrons. The molecule has 0 spiro atoms. The summed E-state index contributed by atoms with van der Waals surface area (Å²) in [6.07, 6.45) is 1.44. The van der Waals surface area contributed by atoms with Crippen LogP contribution in [0, 0.1) is 0 Å². The van der Waals surface area contributed by atoms with E-state index in [1.165, 1.54) is 35.7 Å². The number of furan rings is 1. The van der Waals surface area contributed by atoms with E-state index in [9.17, 15) is 14.7 Å². The van der Waals surface area contributed by atoms with Crippen molar-refractivity contribution in [1.29, 1.82) is 0 Å². The summed E-state index contributed by atoms with van der Waals surface area (Å²) in [6.45, 7) is 0. The van der Waals surface area contributed by atoms with Crippen LogP contribution in [0.15, 0.2) is 70.9 Å². The quantitative estimate of drug-likeness (QED) is 0.253. The molecule has 1 saturated heterocycles. The number of methoxy groups -OCH3 is 1. The van der Waals surface area contributed by atoms with Crippen molar-refractivity contribution in [2.45, 2.75) is 6.04 Å². The average molecular weight is 467 g/mol. The number of aliphatic hydroxyl groups excluding tert-OH is 1. The van der Waals surface area contributed by atoms with Crippen molar-refractivity contribution in [2.24, 2.45) is 0 Å². The number of amides is 1. The Morgan fingerprint density at radius 3 is 2.72 bits per heavy atom. The van der Waals surface area contributed by atoms with Crippen molar-refractivity contribution in [1.82, 2.24) is 4.98 Å². The molecule has 32 heavy (non-hydrogen) atoms. The van der Waals surface area contributed by atoms with Gasteiger partial charge in [-0.15, -0.1) is 0 Å². The third kappa shape index (κ3) is 3.16. The van der Waals surface area contributed by atoms with E-state index < -0.39 is 23.5 Å². The molecule has 1 amide bonds. The molecule has 1 atom stereocenters. The SMILES string of the molecule is COc1ccc(Cl)c(/C(O)=C2\C(=O)C(=O)N(c3nc4ccccc4s3)C2c2ccco2)c1. The largest absolute Gasteiger partial charge is 0.507 e. The normalized spacial score (nSPS) is 17.9. The summed E-state index contributed by atoms with van der Waals surface area (Å²) in [5, 5.41) is 11.7. The maximum absolute atomic E-state index is 13.1. The molecule has 1 aliphatic heterocycles. The third-order valence-electron chi connectivity index (χ3n) is 5.17. The monoisotopic (exact) mass is 466 g/mol. The highest BCUT2D eigenvalue weighted by Gasteiger charge is 2.49. The van der Waals surface area contributed by atoms with Crippen molar-refractivity contribution in [2.75, 3.05) is 12.0 Å². The fraction of sp³-hybridized carbons (Fsp3) is 0.0870. The Morgan fingerprint density at radius 2 is 2.00 bits per heavy atom. The van der Waals surface area contributed by atoms with Crippen LogP contribution in [-0.2, 0) is 9.59 Å². The Balaban J connectivity index is 1.73. The fourth-order valence-electron chi connectivity index (χ4n) is 3.67. The molecule has 2 aromatic heterocycles. The first kappa shape index (κ1) is 20.3. The average Bonchev–Trinajstić information content (AvgIpc) is 3.52. The van der Waals surface area contributed by atoms with E-state index >= 15 is 0 Å². The molecule has 0 bridgehead atoms. The summed E-state index contributed by atoms with van der Waals surface area (Å²) in [5.41, 5.74) is 0.729. The lowest BCUT2D eigenvalue weighted by Gasteiger charge is -2.20. The molecule has 0 saturated carbocycles. The second kappa shape index (κ2) is 7.81. The molecule has 2 aromatic carbocycles. The summed E-state index contributed by atoms with van der Waals surface area (Å²) < 4.78 is 11.6. The zero-order valence-electron chi connectivity index (χ0n) is 16.6. The number of fused-ring (bicyclic) bond motifs is 1. The van der Waals surface area contributed by atoms with E-state index in [1.807, 2.05) is 24.3 Å². The van der Waals surface area contributed by atoms with E-state index in [1.54, 1.807) is 24.3 Å². The Hall–Kier alpha value is -3.62. The first-order valence-electron chi connectivity index (χ1n) is 9.53. The Kier molecular flexibility index (Phi) is 4.96. The summed E-state index contributed by atoms with van der Waals surface area (Å²) in [6, 6.07) is 14.4. The van der Waals surface area contributed by atoms with Gasteiger partial charge < -0.3 is 14.3 Å². The number of benzene rings is 2. The lowest BCUT2D eigenvalue weighted by molar-refractivity contribution is -0.132. The van der Waals surface area contributed by atoms with Gasteiger partial charge in [0.1, 0.15) is 23.3 Å². The first-order valence-corrected chi connectivity index (χ1v) is 10.7. The maximum Gasteiger partial charge on any atom is 0.302 e. The Morgan fingerprint density at radius 1 is 1.19 bits per heavy atom. The van der Waals surface area contributed by atoms with E-state index in [0.29, 0.717) is 22.2 Å². The smallest absolute Gasteiger partial charge is 0.302 e. The number of Topliss-reactive ketones (excluding diaryl/α,β-unsaturated/α-hetero) is 1. The van der Waals surface area contributed by atoms with E-state index in [0.717, 1.165) is 4.70 Å². The first-order chi connectivity index (χ1) is 15.5. The van der Waals surface area contributed by atoms with Gasteiger partial charge in [-0.3, -0.25) is 14.5 Å². The minimum Gasteiger partial charge on any atom is -0.507 e. The number of nitrogens with zero attached hydrogens (tertiary/aromatic N) is 2. The lowest BCUT2D eigenvalue weighted by Crippen LogP contribution is -2.29. The van der Waals surface area contributed by atoms with Gasteiger partial charge >= 0.3 is 5.91 Å². The molecule has 0 aliphatic carbocycles. The van der Waals surface area contributed by atoms with Crippen molar-refractivity contribution in [3.05, 3.63) is 82.8 Å². The lowest BCUT2D eigenvalue weighted by atomic mass is 9.99. The second-order valence-corrected chi connectivity index (χ2v) is 8.41. The van der Waals surface area contributed by atoms with Crippen molar-refractivity contribution in [3.63, 3.8) is 0 Å². The van der Waals surface area contributed by atoms with Crippen LogP contribution in [0.2, 0.25) is 5.02 Å². The van der Waals surface area contributed by atoms with Gasteiger partial charge in [0.15, 0.2) is 5.13 Å². The Bertz CT molecular complexity index is 1360. The highest BCUT2D eigenvalue weighted by Crippen LogP contribution is 2.45. The highest BCUT2D eigenvalue weighted by molar-refractivity contribution is 7.22. The van der Waals surface area contributed by atoms with Crippen LogP contribution >= 0.6 is 22.9 Å². The van der Waals surface area contributed by atoms with Gasteiger partial charge in [0.2, 0.25) is 0 Å². The minimum atomic E-state index is -1.01. The molecule has 4 aromatic rings. The van der Waals surface area contributed by atoms with Crippen LogP contribution in [0.25, 0.3) is 16.0 Å². The number of hydrogen-bond acceptors (Lipinski definition) is 7. The van der Waals surface area contributed by atoms with Gasteiger partial charge in [-0.25, -0.2) is 4.98 Å². The molecule has 5 rings (SSSR count). The van der Waals surface area contributed by atoms with Gasteiger partial charge in [-0.2, -0.15) is 0 Å². The van der Waals surface area contributed by atoms with Crippen molar-refractivity contribution >= 4 is 55.7 Å². The molecule has 1 fully saturated rings. The molecular formula is C23H15ClN2O5S. The van der Waals surface area contributed by atoms with Crippen LogP contribution in [0.5, 0.6) is 5.75 Å². The number of carbonyl (C=O) groups is 2. The van der Waals surface area contributed by atoms with Crippen LogP contribution in [0.3, 0.4) is 0 Å². The number of halogens is 1. The topological polar surface area (TPSA) is 92.9 Å². The standard InChI is InChI=1S/C23H15ClN2O5S/c1-30-12-8-9-14(24)13(11-12)20(27)18-19(16-6-4-10-31-16)26(22(29)21(18)28)23-25-15-5-2-3-7-17(15)32-23/h2-11,19,27H,1H3/b20-18+. The summed E-state index contributed by atoms with van der Waals surface area (Å²) in [4.78, 5) is 32.1. The molecule has 3 heterocycles. The van der Waals surface area contributed by atoms with Gasteiger partial charge in [-0.05, 0) is 42.5 Å². The van der Waals surface area contributed by atoms with E-state index in [2.05, 4.69) is 4.98 Å². The van der Waals surface area contributed by atoms with Gasteiger partial charge in [0, 0.05) is 5.56 Å². The van der Waals surface area contributed by atoms with E-state index in [-0.39, 0.29) is 16.2 Å². The number of aromatic nitrogens is 1. The fourth-order valence-corrected chi connectivity index (χ4v) is 4.87. The summed E-state index contributed by atoms with van der Waals surface area (Å²) >= 11 is 7.57. The zero-order valence-corrected chi connectivity index (χ0v) is 18.2. The number of anilines is 1. The number of ether oxygens (including phenoxy) is 1. The van der Waals surface area contributed by atoms with Crippen LogP contribution in [0.1, 0.15) is 17.4 Å². The molecule has 7 nitrogen and oxygen atoms in total. The number of ketones is 1. The summed E-state index contributed by atoms with van der Waals surface area (Å²) in [7, 11) is 1.47. The third-order valence-corrected chi connectivity index (χ3v) is 6.54. The molecular weight excluding hydrogens is 452 g/mol. The number of para-hydroxylation sites is 1. The van der Waals surface area contributed by atoms with Crippen LogP contribution in [-0.4, -0.2) is 28.9 Å². The number of aliphatic hydroxyl groups is 1. The van der Waals surface area contributed by atoms with Gasteiger partial charge in [-0.1, -0.05) is 35.1 Å². The van der Waals surface area contributed by atoms with Crippen molar-refractivity contribution in [3.8, 4) is 5.75 Å². The molecule has 9 heteroatoms. The summed E-state index contributed by atoms with van der Waals surface area (Å²) in [5.74, 6) is -1.35. The van der Waals surface area contributed by atoms with Gasteiger partial charge in [0.05, 0.1) is 34.2 Å². The number of thiazole rings is 1. The molecule has 1 unspecified atom stereocenters.